The molecule has 2 rings (SSSR count). The lowest BCUT2D eigenvalue weighted by Gasteiger charge is -2.32. The van der Waals surface area contributed by atoms with E-state index in [9.17, 15) is 15.3 Å². The molecule has 1 fully saturated rings. The summed E-state index contributed by atoms with van der Waals surface area (Å²) in [5, 5.41) is 28.8. The summed E-state index contributed by atoms with van der Waals surface area (Å²) in [5.41, 5.74) is -1.30. The third-order valence-corrected chi connectivity index (χ3v) is 4.69. The zero-order valence-electron chi connectivity index (χ0n) is 11.5. The highest BCUT2D eigenvalue weighted by molar-refractivity contribution is 6.68. The molecule has 0 aliphatic carbocycles. The van der Waals surface area contributed by atoms with Crippen LogP contribution in [-0.4, -0.2) is 33.6 Å². The number of benzene rings is 1. The van der Waals surface area contributed by atoms with Gasteiger partial charge in [0.15, 0.2) is 11.5 Å². The highest BCUT2D eigenvalue weighted by Gasteiger charge is 2.53. The maximum Gasteiger partial charge on any atom is 0.500 e. The molecule has 1 aliphatic heterocycles. The second kappa shape index (κ2) is 4.60. The summed E-state index contributed by atoms with van der Waals surface area (Å²) < 4.78 is 11.5. The molecule has 0 amide bonds. The van der Waals surface area contributed by atoms with Crippen molar-refractivity contribution in [3.05, 3.63) is 10.0 Å². The predicted molar refractivity (Wildman–Crippen MR) is 77.2 cm³/mol. The van der Waals surface area contributed by atoms with Gasteiger partial charge in [0.2, 0.25) is 5.75 Å². The van der Waals surface area contributed by atoms with Crippen molar-refractivity contribution >= 4 is 35.8 Å². The Morgan fingerprint density at radius 2 is 1.25 bits per heavy atom. The molecule has 1 aliphatic rings. The van der Waals surface area contributed by atoms with Crippen LogP contribution < -0.4 is 5.46 Å². The first-order valence-corrected chi connectivity index (χ1v) is 6.72. The van der Waals surface area contributed by atoms with Gasteiger partial charge in [0.25, 0.3) is 0 Å². The zero-order chi connectivity index (χ0) is 15.5. The fourth-order valence-electron chi connectivity index (χ4n) is 1.85. The molecule has 1 aromatic rings. The number of hydrogen-bond acceptors (Lipinski definition) is 5. The van der Waals surface area contributed by atoms with Crippen LogP contribution in [0, 0.1) is 0 Å². The van der Waals surface area contributed by atoms with Crippen LogP contribution in [-0.2, 0) is 9.31 Å². The number of phenolic OH excluding ortho intramolecular Hbond substituents is 3. The first-order chi connectivity index (χ1) is 8.99. The first-order valence-electron chi connectivity index (χ1n) is 5.97. The normalized spacial score (nSPS) is 20.4. The summed E-state index contributed by atoms with van der Waals surface area (Å²) in [6, 6.07) is 0. The van der Waals surface area contributed by atoms with Crippen molar-refractivity contribution in [3.8, 4) is 17.2 Å². The molecule has 1 aromatic carbocycles. The molecular weight excluding hydrogens is 306 g/mol. The maximum atomic E-state index is 9.97. The van der Waals surface area contributed by atoms with Crippen LogP contribution in [0.5, 0.6) is 17.2 Å². The van der Waals surface area contributed by atoms with E-state index in [1.165, 1.54) is 0 Å². The van der Waals surface area contributed by atoms with Crippen molar-refractivity contribution in [2.75, 3.05) is 0 Å². The van der Waals surface area contributed by atoms with Gasteiger partial charge in [-0.2, -0.15) is 0 Å². The Morgan fingerprint density at radius 3 is 1.70 bits per heavy atom. The van der Waals surface area contributed by atoms with E-state index < -0.39 is 35.6 Å². The quantitative estimate of drug-likeness (QED) is 0.547. The van der Waals surface area contributed by atoms with Gasteiger partial charge >= 0.3 is 7.12 Å². The smallest absolute Gasteiger partial charge is 0.500 e. The van der Waals surface area contributed by atoms with Crippen molar-refractivity contribution in [1.82, 2.24) is 0 Å². The lowest BCUT2D eigenvalue weighted by Crippen LogP contribution is -2.41. The van der Waals surface area contributed by atoms with E-state index in [1.54, 1.807) is 0 Å². The second-order valence-corrected chi connectivity index (χ2v) is 6.43. The van der Waals surface area contributed by atoms with E-state index in [4.69, 9.17) is 32.5 Å². The average Bonchev–Trinajstić information content (AvgIpc) is 2.53. The molecule has 1 heterocycles. The Hall–Kier alpha value is -0.815. The first kappa shape index (κ1) is 15.6. The third-order valence-electron chi connectivity index (χ3n) is 3.83. The summed E-state index contributed by atoms with van der Waals surface area (Å²) in [6.45, 7) is 7.33. The van der Waals surface area contributed by atoms with Gasteiger partial charge in [-0.1, -0.05) is 23.2 Å². The highest BCUT2D eigenvalue weighted by Crippen LogP contribution is 2.45. The van der Waals surface area contributed by atoms with Gasteiger partial charge in [-0.3, -0.25) is 0 Å². The Balaban J connectivity index is 2.57. The second-order valence-electron chi connectivity index (χ2n) is 5.68. The predicted octanol–water partition coefficient (Wildman–Crippen LogP) is 2.41. The van der Waals surface area contributed by atoms with Gasteiger partial charge < -0.3 is 24.6 Å². The van der Waals surface area contributed by atoms with Crippen molar-refractivity contribution in [2.45, 2.75) is 38.9 Å². The van der Waals surface area contributed by atoms with E-state index >= 15 is 0 Å². The van der Waals surface area contributed by atoms with E-state index in [1.807, 2.05) is 27.7 Å². The summed E-state index contributed by atoms with van der Waals surface area (Å²) in [4.78, 5) is 0. The monoisotopic (exact) mass is 320 g/mol. The van der Waals surface area contributed by atoms with Crippen LogP contribution in [0.25, 0.3) is 0 Å². The number of hydrogen-bond donors (Lipinski definition) is 3. The van der Waals surface area contributed by atoms with Gasteiger partial charge in [-0.15, -0.1) is 0 Å². The number of phenols is 3. The summed E-state index contributed by atoms with van der Waals surface area (Å²) >= 11 is 11.8. The van der Waals surface area contributed by atoms with Crippen LogP contribution in [0.2, 0.25) is 10.0 Å². The summed E-state index contributed by atoms with van der Waals surface area (Å²) in [5.74, 6) is -2.06. The minimum Gasteiger partial charge on any atom is -0.504 e. The molecule has 0 atom stereocenters. The number of rotatable bonds is 1. The van der Waals surface area contributed by atoms with Gasteiger partial charge in [-0.05, 0) is 27.7 Å². The van der Waals surface area contributed by atoms with Crippen LogP contribution in [0.4, 0.5) is 0 Å². The fourth-order valence-corrected chi connectivity index (χ4v) is 2.31. The van der Waals surface area contributed by atoms with Gasteiger partial charge in [-0.25, -0.2) is 0 Å². The average molecular weight is 321 g/mol. The van der Waals surface area contributed by atoms with Gasteiger partial charge in [0.1, 0.15) is 5.02 Å². The SMILES string of the molecule is CC1(C)OB(c2c(O)c(O)c(O)c(Cl)c2Cl)OC1(C)C. The molecule has 8 heteroatoms. The van der Waals surface area contributed by atoms with Gasteiger partial charge in [0, 0.05) is 5.46 Å². The van der Waals surface area contributed by atoms with Crippen LogP contribution in [0.15, 0.2) is 0 Å². The molecule has 110 valence electrons. The minimum absolute atomic E-state index is 0.00869. The molecule has 20 heavy (non-hydrogen) atoms. The number of aromatic hydroxyl groups is 3. The standard InChI is InChI=1S/C12H15BCl2O5/c1-11(2)12(3,4)20-13(19-11)5-6(14)7(15)9(17)10(18)8(5)16/h16-18H,1-4H3. The van der Waals surface area contributed by atoms with E-state index in [2.05, 4.69) is 0 Å². The summed E-state index contributed by atoms with van der Waals surface area (Å²) in [6.07, 6.45) is 0. The highest BCUT2D eigenvalue weighted by atomic mass is 35.5. The Kier molecular flexibility index (Phi) is 3.58. The fraction of sp³-hybridized carbons (Fsp3) is 0.500. The largest absolute Gasteiger partial charge is 0.504 e. The van der Waals surface area contributed by atoms with Gasteiger partial charge in [0.05, 0.1) is 16.2 Å². The van der Waals surface area contributed by atoms with E-state index in [0.29, 0.717) is 0 Å². The molecule has 1 saturated heterocycles. The molecule has 0 aromatic heterocycles. The van der Waals surface area contributed by atoms with Crippen molar-refractivity contribution in [2.24, 2.45) is 0 Å². The topological polar surface area (TPSA) is 79.2 Å². The van der Waals surface area contributed by atoms with Crippen LogP contribution >= 0.6 is 23.2 Å². The minimum atomic E-state index is -1.00. The lowest BCUT2D eigenvalue weighted by atomic mass is 9.78. The molecule has 0 spiro atoms. The maximum absolute atomic E-state index is 9.97. The van der Waals surface area contributed by atoms with Crippen molar-refractivity contribution < 1.29 is 24.6 Å². The Bertz CT molecular complexity index is 528. The Labute approximate surface area is 127 Å². The summed E-state index contributed by atoms with van der Waals surface area (Å²) in [7, 11) is -1.00. The van der Waals surface area contributed by atoms with Crippen molar-refractivity contribution in [1.29, 1.82) is 0 Å². The van der Waals surface area contributed by atoms with Crippen molar-refractivity contribution in [3.63, 3.8) is 0 Å². The van der Waals surface area contributed by atoms with Crippen LogP contribution in [0.3, 0.4) is 0 Å². The molecule has 0 bridgehead atoms. The molecule has 3 N–H and O–H groups in total. The molecule has 5 nitrogen and oxygen atoms in total. The number of halogens is 2. The molecular formula is C12H15BCl2O5. The molecule has 0 saturated carbocycles. The van der Waals surface area contributed by atoms with E-state index in [-0.39, 0.29) is 15.5 Å². The van der Waals surface area contributed by atoms with Crippen LogP contribution in [0.1, 0.15) is 27.7 Å². The lowest BCUT2D eigenvalue weighted by molar-refractivity contribution is 0.00578. The molecule has 0 unspecified atom stereocenters. The van der Waals surface area contributed by atoms with E-state index in [0.717, 1.165) is 0 Å². The Morgan fingerprint density at radius 1 is 0.800 bits per heavy atom. The zero-order valence-corrected chi connectivity index (χ0v) is 13.0. The molecule has 0 radical (unpaired) electrons. The third kappa shape index (κ3) is 2.11.